The van der Waals surface area contributed by atoms with Crippen LogP contribution in [0.3, 0.4) is 0 Å². The molecule has 0 fully saturated rings. The van der Waals surface area contributed by atoms with Crippen molar-refractivity contribution in [1.29, 1.82) is 0 Å². The molecule has 1 N–H and O–H groups in total. The maximum absolute atomic E-state index is 12.1. The zero-order valence-electron chi connectivity index (χ0n) is 8.43. The van der Waals surface area contributed by atoms with Gasteiger partial charge in [-0.1, -0.05) is 29.3 Å². The lowest BCUT2D eigenvalue weighted by atomic mass is 10.1. The topological polar surface area (TPSA) is 23.5 Å². The standard InChI is InChI=1S/C9H18BrF2NO/c1-2-8(5-10)6-13(3-4-14)7-9(11)12/h8-9,14H,2-7H2,1H3. The number of aliphatic hydroxyl groups excluding tert-OH is 1. The van der Waals surface area contributed by atoms with Crippen molar-refractivity contribution in [2.24, 2.45) is 5.92 Å². The number of nitrogens with zero attached hydrogens (tertiary/aromatic N) is 1. The van der Waals surface area contributed by atoms with Crippen LogP contribution in [-0.4, -0.2) is 48.0 Å². The molecule has 0 radical (unpaired) electrons. The summed E-state index contributed by atoms with van der Waals surface area (Å²) >= 11 is 3.35. The van der Waals surface area contributed by atoms with E-state index in [1.54, 1.807) is 4.90 Å². The van der Waals surface area contributed by atoms with Gasteiger partial charge in [-0.3, -0.25) is 4.90 Å². The summed E-state index contributed by atoms with van der Waals surface area (Å²) in [5.41, 5.74) is 0. The third-order valence-electron chi connectivity index (χ3n) is 2.12. The van der Waals surface area contributed by atoms with E-state index in [1.165, 1.54) is 0 Å². The normalized spacial score (nSPS) is 13.9. The van der Waals surface area contributed by atoms with Gasteiger partial charge in [0.25, 0.3) is 6.43 Å². The van der Waals surface area contributed by atoms with Gasteiger partial charge >= 0.3 is 0 Å². The first kappa shape index (κ1) is 14.3. The van der Waals surface area contributed by atoms with Crippen LogP contribution in [0.1, 0.15) is 13.3 Å². The summed E-state index contributed by atoms with van der Waals surface area (Å²) in [5, 5.41) is 9.52. The van der Waals surface area contributed by atoms with Gasteiger partial charge < -0.3 is 5.11 Å². The first-order chi connectivity index (χ1) is 6.63. The molecule has 0 saturated carbocycles. The fourth-order valence-electron chi connectivity index (χ4n) is 1.25. The van der Waals surface area contributed by atoms with Gasteiger partial charge in [0.1, 0.15) is 0 Å². The minimum Gasteiger partial charge on any atom is -0.395 e. The second kappa shape index (κ2) is 8.56. The van der Waals surface area contributed by atoms with Crippen LogP contribution in [0.4, 0.5) is 8.78 Å². The fourth-order valence-corrected chi connectivity index (χ4v) is 1.91. The van der Waals surface area contributed by atoms with Gasteiger partial charge in [0.15, 0.2) is 0 Å². The largest absolute Gasteiger partial charge is 0.395 e. The van der Waals surface area contributed by atoms with Gasteiger partial charge in [-0.2, -0.15) is 0 Å². The Kier molecular flexibility index (Phi) is 8.72. The van der Waals surface area contributed by atoms with Crippen LogP contribution < -0.4 is 0 Å². The molecule has 14 heavy (non-hydrogen) atoms. The summed E-state index contributed by atoms with van der Waals surface area (Å²) in [4.78, 5) is 1.61. The molecule has 0 spiro atoms. The van der Waals surface area contributed by atoms with E-state index in [4.69, 9.17) is 5.11 Å². The van der Waals surface area contributed by atoms with Crippen LogP contribution >= 0.6 is 15.9 Å². The molecule has 0 aliphatic rings. The monoisotopic (exact) mass is 273 g/mol. The predicted octanol–water partition coefficient (Wildman–Crippen LogP) is 1.97. The van der Waals surface area contributed by atoms with Crippen molar-refractivity contribution in [3.05, 3.63) is 0 Å². The van der Waals surface area contributed by atoms with E-state index in [2.05, 4.69) is 15.9 Å². The summed E-state index contributed by atoms with van der Waals surface area (Å²) in [6, 6.07) is 0. The van der Waals surface area contributed by atoms with Crippen molar-refractivity contribution < 1.29 is 13.9 Å². The smallest absolute Gasteiger partial charge is 0.251 e. The molecule has 0 aliphatic carbocycles. The molecule has 1 unspecified atom stereocenters. The van der Waals surface area contributed by atoms with Crippen molar-refractivity contribution in [3.8, 4) is 0 Å². The first-order valence-electron chi connectivity index (χ1n) is 4.81. The van der Waals surface area contributed by atoms with Crippen molar-refractivity contribution in [1.82, 2.24) is 4.90 Å². The fraction of sp³-hybridized carbons (Fsp3) is 1.00. The van der Waals surface area contributed by atoms with E-state index in [9.17, 15) is 8.78 Å². The number of halogens is 3. The van der Waals surface area contributed by atoms with Gasteiger partial charge in [-0.05, 0) is 5.92 Å². The Morgan fingerprint density at radius 3 is 2.36 bits per heavy atom. The van der Waals surface area contributed by atoms with Crippen LogP contribution in [-0.2, 0) is 0 Å². The molecule has 1 atom stereocenters. The van der Waals surface area contributed by atoms with Gasteiger partial charge in [0, 0.05) is 18.4 Å². The van der Waals surface area contributed by atoms with Crippen molar-refractivity contribution in [2.75, 3.05) is 31.6 Å². The van der Waals surface area contributed by atoms with Crippen LogP contribution in [0, 0.1) is 5.92 Å². The summed E-state index contributed by atoms with van der Waals surface area (Å²) < 4.78 is 24.3. The second-order valence-corrected chi connectivity index (χ2v) is 3.95. The number of alkyl halides is 3. The van der Waals surface area contributed by atoms with Gasteiger partial charge in [-0.25, -0.2) is 8.78 Å². The molecule has 0 aromatic carbocycles. The number of hydrogen-bond donors (Lipinski definition) is 1. The Bertz CT molecular complexity index is 134. The lowest BCUT2D eigenvalue weighted by molar-refractivity contribution is 0.0713. The Balaban J connectivity index is 3.92. The van der Waals surface area contributed by atoms with Gasteiger partial charge in [0.05, 0.1) is 13.2 Å². The third-order valence-corrected chi connectivity index (χ3v) is 3.04. The van der Waals surface area contributed by atoms with E-state index in [1.807, 2.05) is 6.92 Å². The maximum Gasteiger partial charge on any atom is 0.251 e. The van der Waals surface area contributed by atoms with E-state index < -0.39 is 6.43 Å². The molecule has 0 rings (SSSR count). The van der Waals surface area contributed by atoms with Crippen molar-refractivity contribution in [3.63, 3.8) is 0 Å². The van der Waals surface area contributed by atoms with Crippen LogP contribution in [0.25, 0.3) is 0 Å². The summed E-state index contributed by atoms with van der Waals surface area (Å²) in [5.74, 6) is 0.375. The second-order valence-electron chi connectivity index (χ2n) is 3.30. The third kappa shape index (κ3) is 6.68. The lowest BCUT2D eigenvalue weighted by Gasteiger charge is -2.24. The van der Waals surface area contributed by atoms with Crippen LogP contribution in [0.2, 0.25) is 0 Å². The van der Waals surface area contributed by atoms with E-state index in [-0.39, 0.29) is 13.2 Å². The number of aliphatic hydroxyl groups is 1. The Morgan fingerprint density at radius 1 is 1.36 bits per heavy atom. The molecular weight excluding hydrogens is 256 g/mol. The highest BCUT2D eigenvalue weighted by Crippen LogP contribution is 2.10. The van der Waals surface area contributed by atoms with Gasteiger partial charge in [0.2, 0.25) is 0 Å². The molecule has 86 valence electrons. The number of hydrogen-bond acceptors (Lipinski definition) is 2. The zero-order valence-corrected chi connectivity index (χ0v) is 10.0. The molecule has 2 nitrogen and oxygen atoms in total. The Hall–Kier alpha value is 0.260. The average Bonchev–Trinajstić information content (AvgIpc) is 2.13. The molecule has 5 heteroatoms. The molecule has 0 heterocycles. The molecule has 0 aliphatic heterocycles. The van der Waals surface area contributed by atoms with Gasteiger partial charge in [-0.15, -0.1) is 0 Å². The molecule has 0 aromatic heterocycles. The predicted molar refractivity (Wildman–Crippen MR) is 57.1 cm³/mol. The Morgan fingerprint density at radius 2 is 2.00 bits per heavy atom. The molecule has 0 saturated heterocycles. The van der Waals surface area contributed by atoms with E-state index in [0.29, 0.717) is 19.0 Å². The minimum absolute atomic E-state index is 0.0640. The summed E-state index contributed by atoms with van der Waals surface area (Å²) in [6.45, 7) is 2.67. The minimum atomic E-state index is -2.32. The SMILES string of the molecule is CCC(CBr)CN(CCO)CC(F)F. The van der Waals surface area contributed by atoms with Crippen molar-refractivity contribution >= 4 is 15.9 Å². The zero-order chi connectivity index (χ0) is 11.0. The quantitative estimate of drug-likeness (QED) is 0.684. The average molecular weight is 274 g/mol. The highest BCUT2D eigenvalue weighted by atomic mass is 79.9. The van der Waals surface area contributed by atoms with E-state index >= 15 is 0 Å². The van der Waals surface area contributed by atoms with Crippen LogP contribution in [0.15, 0.2) is 0 Å². The van der Waals surface area contributed by atoms with E-state index in [0.717, 1.165) is 11.8 Å². The molecule has 0 aromatic rings. The maximum atomic E-state index is 12.1. The van der Waals surface area contributed by atoms with Crippen LogP contribution in [0.5, 0.6) is 0 Å². The summed E-state index contributed by atoms with van der Waals surface area (Å²) in [6.07, 6.45) is -1.37. The molecule has 0 amide bonds. The molecular formula is C9H18BrF2NO. The highest BCUT2D eigenvalue weighted by Gasteiger charge is 2.15. The highest BCUT2D eigenvalue weighted by molar-refractivity contribution is 9.09. The molecule has 0 bridgehead atoms. The number of rotatable bonds is 8. The Labute approximate surface area is 92.4 Å². The van der Waals surface area contributed by atoms with Crippen molar-refractivity contribution in [2.45, 2.75) is 19.8 Å². The lowest BCUT2D eigenvalue weighted by Crippen LogP contribution is -2.36. The summed E-state index contributed by atoms with van der Waals surface area (Å²) in [7, 11) is 0. The first-order valence-corrected chi connectivity index (χ1v) is 5.93.